The van der Waals surface area contributed by atoms with Gasteiger partial charge in [-0.3, -0.25) is 4.68 Å². The lowest BCUT2D eigenvalue weighted by molar-refractivity contribution is -0.0876. The van der Waals surface area contributed by atoms with E-state index >= 15 is 0 Å². The Hall–Kier alpha value is -1.46. The maximum atomic E-state index is 12.6. The fraction of sp³-hybridized carbons (Fsp3) is 0.556. The highest BCUT2D eigenvalue weighted by molar-refractivity contribution is 5.85. The minimum atomic E-state index is -2.61. The van der Waals surface area contributed by atoms with Crippen molar-refractivity contribution in [3.8, 4) is 0 Å². The van der Waals surface area contributed by atoms with E-state index in [4.69, 9.17) is 5.11 Å². The summed E-state index contributed by atoms with van der Waals surface area (Å²) in [5, 5.41) is 12.7. The van der Waals surface area contributed by atoms with Crippen molar-refractivity contribution in [3.05, 3.63) is 17.5 Å². The molecule has 0 aromatic carbocycles. The lowest BCUT2D eigenvalue weighted by Gasteiger charge is -2.33. The van der Waals surface area contributed by atoms with Crippen molar-refractivity contribution in [1.29, 1.82) is 0 Å². The van der Waals surface area contributed by atoms with Crippen molar-refractivity contribution < 1.29 is 18.7 Å². The SMILES string of the molecule is Cn1nc(C2CC(F)(F)C2)cc1C(=O)O. The van der Waals surface area contributed by atoms with E-state index in [-0.39, 0.29) is 24.5 Å². The average Bonchev–Trinajstić information content (AvgIpc) is 2.42. The maximum absolute atomic E-state index is 12.6. The molecule has 2 rings (SSSR count). The van der Waals surface area contributed by atoms with Crippen LogP contribution in [0, 0.1) is 0 Å². The zero-order valence-electron chi connectivity index (χ0n) is 8.07. The Morgan fingerprint density at radius 1 is 1.67 bits per heavy atom. The van der Waals surface area contributed by atoms with E-state index in [1.54, 1.807) is 0 Å². The van der Waals surface area contributed by atoms with Crippen LogP contribution in [0.5, 0.6) is 0 Å². The summed E-state index contributed by atoms with van der Waals surface area (Å²) in [7, 11) is 1.49. The Bertz CT molecular complexity index is 406. The Morgan fingerprint density at radius 3 is 2.67 bits per heavy atom. The molecule has 0 aliphatic heterocycles. The van der Waals surface area contributed by atoms with E-state index in [0.29, 0.717) is 5.69 Å². The molecule has 1 aliphatic carbocycles. The summed E-state index contributed by atoms with van der Waals surface area (Å²) >= 11 is 0. The molecule has 1 fully saturated rings. The van der Waals surface area contributed by atoms with Gasteiger partial charge in [-0.2, -0.15) is 5.10 Å². The molecule has 6 heteroatoms. The predicted octanol–water partition coefficient (Wildman–Crippen LogP) is 1.63. The normalized spacial score (nSPS) is 19.9. The monoisotopic (exact) mass is 216 g/mol. The van der Waals surface area contributed by atoms with Crippen molar-refractivity contribution in [3.63, 3.8) is 0 Å². The number of carbonyl (C=O) groups is 1. The third kappa shape index (κ3) is 1.71. The van der Waals surface area contributed by atoms with Crippen molar-refractivity contribution in [2.45, 2.75) is 24.7 Å². The zero-order chi connectivity index (χ0) is 11.2. The number of aromatic carboxylic acids is 1. The smallest absolute Gasteiger partial charge is 0.354 e. The van der Waals surface area contributed by atoms with Gasteiger partial charge in [0.1, 0.15) is 5.69 Å². The molecule has 82 valence electrons. The van der Waals surface area contributed by atoms with E-state index in [2.05, 4.69) is 5.10 Å². The first-order chi connectivity index (χ1) is 6.89. The second kappa shape index (κ2) is 3.01. The molecule has 0 atom stereocenters. The molecule has 0 bridgehead atoms. The molecule has 0 radical (unpaired) electrons. The minimum absolute atomic E-state index is 0.0280. The van der Waals surface area contributed by atoms with Crippen LogP contribution in [-0.4, -0.2) is 26.8 Å². The number of aryl methyl sites for hydroxylation is 1. The number of aromatic nitrogens is 2. The Balaban J connectivity index is 2.18. The fourth-order valence-electron chi connectivity index (χ4n) is 1.76. The van der Waals surface area contributed by atoms with Gasteiger partial charge in [0.2, 0.25) is 5.92 Å². The topological polar surface area (TPSA) is 55.1 Å². The second-order valence-electron chi connectivity index (χ2n) is 3.84. The molecule has 0 spiro atoms. The summed E-state index contributed by atoms with van der Waals surface area (Å²) in [6.07, 6.45) is -0.466. The van der Waals surface area contributed by atoms with Gasteiger partial charge in [-0.05, 0) is 6.07 Å². The molecule has 4 nitrogen and oxygen atoms in total. The molecular formula is C9H10F2N2O2. The van der Waals surface area contributed by atoms with Crippen LogP contribution >= 0.6 is 0 Å². The van der Waals surface area contributed by atoms with Gasteiger partial charge in [0, 0.05) is 25.8 Å². The fourth-order valence-corrected chi connectivity index (χ4v) is 1.76. The first-order valence-corrected chi connectivity index (χ1v) is 4.54. The Labute approximate surface area is 84.5 Å². The Kier molecular flexibility index (Phi) is 2.02. The van der Waals surface area contributed by atoms with Crippen LogP contribution in [0.4, 0.5) is 8.78 Å². The molecule has 0 saturated heterocycles. The van der Waals surface area contributed by atoms with Gasteiger partial charge < -0.3 is 5.11 Å². The van der Waals surface area contributed by atoms with Crippen LogP contribution in [0.2, 0.25) is 0 Å². The number of hydrogen-bond donors (Lipinski definition) is 1. The van der Waals surface area contributed by atoms with Gasteiger partial charge >= 0.3 is 5.97 Å². The number of carboxylic acids is 1. The number of nitrogens with zero attached hydrogens (tertiary/aromatic N) is 2. The largest absolute Gasteiger partial charge is 0.477 e. The summed E-state index contributed by atoms with van der Waals surface area (Å²) in [5.41, 5.74) is 0.473. The molecule has 1 N–H and O–H groups in total. The van der Waals surface area contributed by atoms with Crippen molar-refractivity contribution in [2.24, 2.45) is 7.05 Å². The number of halogens is 2. The number of alkyl halides is 2. The second-order valence-corrected chi connectivity index (χ2v) is 3.84. The maximum Gasteiger partial charge on any atom is 0.354 e. The summed E-state index contributed by atoms with van der Waals surface area (Å²) in [6.45, 7) is 0. The van der Waals surface area contributed by atoms with Crippen LogP contribution in [0.1, 0.15) is 34.9 Å². The summed E-state index contributed by atoms with van der Waals surface area (Å²) in [5.74, 6) is -4.01. The van der Waals surface area contributed by atoms with Crippen LogP contribution in [0.25, 0.3) is 0 Å². The third-order valence-electron chi connectivity index (χ3n) is 2.63. The van der Waals surface area contributed by atoms with E-state index < -0.39 is 11.9 Å². The van der Waals surface area contributed by atoms with Gasteiger partial charge in [0.05, 0.1) is 5.69 Å². The molecule has 1 aromatic rings. The van der Waals surface area contributed by atoms with Gasteiger partial charge in [-0.15, -0.1) is 0 Å². The minimum Gasteiger partial charge on any atom is -0.477 e. The lowest BCUT2D eigenvalue weighted by Crippen LogP contribution is -2.33. The van der Waals surface area contributed by atoms with Crippen LogP contribution in [0.3, 0.4) is 0 Å². The first kappa shape index (κ1) is 10.1. The molecule has 0 unspecified atom stereocenters. The molecule has 1 aromatic heterocycles. The van der Waals surface area contributed by atoms with Gasteiger partial charge in [0.15, 0.2) is 0 Å². The average molecular weight is 216 g/mol. The van der Waals surface area contributed by atoms with Crippen molar-refractivity contribution >= 4 is 5.97 Å². The quantitative estimate of drug-likeness (QED) is 0.817. The number of hydrogen-bond acceptors (Lipinski definition) is 2. The molecule has 15 heavy (non-hydrogen) atoms. The standard InChI is InChI=1S/C9H10F2N2O2/c1-13-7(8(14)15)2-6(12-13)5-3-9(10,11)4-5/h2,5H,3-4H2,1H3,(H,14,15). The van der Waals surface area contributed by atoms with Crippen LogP contribution < -0.4 is 0 Å². The third-order valence-corrected chi connectivity index (χ3v) is 2.63. The van der Waals surface area contributed by atoms with Gasteiger partial charge in [-0.1, -0.05) is 0 Å². The van der Waals surface area contributed by atoms with Crippen LogP contribution in [-0.2, 0) is 7.05 Å². The van der Waals surface area contributed by atoms with Gasteiger partial charge in [-0.25, -0.2) is 13.6 Å². The van der Waals surface area contributed by atoms with Crippen molar-refractivity contribution in [2.75, 3.05) is 0 Å². The van der Waals surface area contributed by atoms with E-state index in [1.165, 1.54) is 17.8 Å². The van der Waals surface area contributed by atoms with E-state index in [9.17, 15) is 13.6 Å². The molecule has 1 saturated carbocycles. The molecule has 1 aliphatic rings. The number of carboxylic acid groups (broad SMARTS) is 1. The van der Waals surface area contributed by atoms with Crippen LogP contribution in [0.15, 0.2) is 6.07 Å². The molecule has 1 heterocycles. The number of rotatable bonds is 2. The summed E-state index contributed by atoms with van der Waals surface area (Å²) in [4.78, 5) is 10.7. The lowest BCUT2D eigenvalue weighted by atomic mass is 9.79. The van der Waals surface area contributed by atoms with E-state index in [0.717, 1.165) is 0 Å². The van der Waals surface area contributed by atoms with Gasteiger partial charge in [0.25, 0.3) is 0 Å². The highest BCUT2D eigenvalue weighted by atomic mass is 19.3. The van der Waals surface area contributed by atoms with Crippen molar-refractivity contribution in [1.82, 2.24) is 9.78 Å². The predicted molar refractivity (Wildman–Crippen MR) is 47.1 cm³/mol. The summed E-state index contributed by atoms with van der Waals surface area (Å²) < 4.78 is 26.4. The Morgan fingerprint density at radius 2 is 2.27 bits per heavy atom. The highest BCUT2D eigenvalue weighted by Gasteiger charge is 2.47. The summed E-state index contributed by atoms with van der Waals surface area (Å²) in [6, 6.07) is 1.36. The first-order valence-electron chi connectivity index (χ1n) is 4.54. The highest BCUT2D eigenvalue weighted by Crippen LogP contribution is 2.47. The molecular weight excluding hydrogens is 206 g/mol. The molecule has 0 amide bonds. The zero-order valence-corrected chi connectivity index (χ0v) is 8.07. The van der Waals surface area contributed by atoms with E-state index in [1.807, 2.05) is 0 Å².